The molecule has 7 heteroatoms. The summed E-state index contributed by atoms with van der Waals surface area (Å²) in [5, 5.41) is 18.1. The van der Waals surface area contributed by atoms with Gasteiger partial charge in [0.15, 0.2) is 6.10 Å². The fourth-order valence-electron chi connectivity index (χ4n) is 1.22. The molecule has 2 unspecified atom stereocenters. The van der Waals surface area contributed by atoms with E-state index in [0.29, 0.717) is 0 Å². The molecular formula is C10H9ClF2O4. The summed E-state index contributed by atoms with van der Waals surface area (Å²) in [5.74, 6) is -3.19. The van der Waals surface area contributed by atoms with E-state index in [4.69, 9.17) is 11.6 Å². The van der Waals surface area contributed by atoms with E-state index in [0.717, 1.165) is 19.2 Å². The zero-order valence-electron chi connectivity index (χ0n) is 8.65. The second-order valence-corrected chi connectivity index (χ2v) is 3.55. The molecule has 0 radical (unpaired) electrons. The highest BCUT2D eigenvalue weighted by Gasteiger charge is 2.31. The van der Waals surface area contributed by atoms with Crippen LogP contribution in [0, 0.1) is 11.6 Å². The number of ether oxygens (including phenoxy) is 1. The molecule has 0 aliphatic rings. The largest absolute Gasteiger partial charge is 0.467 e. The van der Waals surface area contributed by atoms with E-state index in [1.54, 1.807) is 0 Å². The molecular weight excluding hydrogens is 258 g/mol. The second-order valence-electron chi connectivity index (χ2n) is 3.17. The molecule has 94 valence electrons. The number of halogens is 3. The summed E-state index contributed by atoms with van der Waals surface area (Å²) >= 11 is 5.45. The number of methoxy groups -OCH3 is 1. The summed E-state index contributed by atoms with van der Waals surface area (Å²) < 4.78 is 30.5. The zero-order chi connectivity index (χ0) is 13.2. The first-order valence-electron chi connectivity index (χ1n) is 4.47. The first-order valence-corrected chi connectivity index (χ1v) is 4.85. The van der Waals surface area contributed by atoms with Gasteiger partial charge >= 0.3 is 5.97 Å². The average Bonchev–Trinajstić information content (AvgIpc) is 2.32. The number of rotatable bonds is 3. The summed E-state index contributed by atoms with van der Waals surface area (Å²) in [7, 11) is 0.974. The van der Waals surface area contributed by atoms with E-state index in [9.17, 15) is 23.8 Å². The predicted molar refractivity (Wildman–Crippen MR) is 54.4 cm³/mol. The summed E-state index contributed by atoms with van der Waals surface area (Å²) in [6.07, 6.45) is -4.06. The SMILES string of the molecule is COC(=O)C(O)C(O)c1c(F)ccc(F)c1Cl. The van der Waals surface area contributed by atoms with E-state index in [1.165, 1.54) is 0 Å². The van der Waals surface area contributed by atoms with Crippen molar-refractivity contribution in [3.8, 4) is 0 Å². The normalized spacial score (nSPS) is 14.2. The number of hydrogen-bond acceptors (Lipinski definition) is 4. The molecule has 0 saturated carbocycles. The summed E-state index contributed by atoms with van der Waals surface area (Å²) in [4.78, 5) is 10.9. The number of hydrogen-bond donors (Lipinski definition) is 2. The molecule has 0 aromatic heterocycles. The van der Waals surface area contributed by atoms with Crippen molar-refractivity contribution >= 4 is 17.6 Å². The van der Waals surface area contributed by atoms with Gasteiger partial charge < -0.3 is 14.9 Å². The van der Waals surface area contributed by atoms with Crippen molar-refractivity contribution in [1.82, 2.24) is 0 Å². The van der Waals surface area contributed by atoms with Gasteiger partial charge in [-0.15, -0.1) is 0 Å². The lowest BCUT2D eigenvalue weighted by Crippen LogP contribution is -2.29. The number of aliphatic hydroxyl groups excluding tert-OH is 2. The van der Waals surface area contributed by atoms with Crippen LogP contribution in [0.25, 0.3) is 0 Å². The van der Waals surface area contributed by atoms with Gasteiger partial charge in [0.25, 0.3) is 0 Å². The minimum Gasteiger partial charge on any atom is -0.467 e. The van der Waals surface area contributed by atoms with Gasteiger partial charge in [-0.2, -0.15) is 0 Å². The van der Waals surface area contributed by atoms with Gasteiger partial charge in [-0.1, -0.05) is 11.6 Å². The lowest BCUT2D eigenvalue weighted by atomic mass is 10.0. The van der Waals surface area contributed by atoms with E-state index in [1.807, 2.05) is 0 Å². The molecule has 0 aliphatic heterocycles. The zero-order valence-corrected chi connectivity index (χ0v) is 9.41. The molecule has 0 saturated heterocycles. The molecule has 0 spiro atoms. The first-order chi connectivity index (χ1) is 7.90. The number of esters is 1. The van der Waals surface area contributed by atoms with Crippen LogP contribution in [-0.2, 0) is 9.53 Å². The Hall–Kier alpha value is -1.24. The van der Waals surface area contributed by atoms with E-state index in [-0.39, 0.29) is 0 Å². The third-order valence-electron chi connectivity index (χ3n) is 2.12. The van der Waals surface area contributed by atoms with Crippen LogP contribution in [0.5, 0.6) is 0 Å². The van der Waals surface area contributed by atoms with E-state index >= 15 is 0 Å². The van der Waals surface area contributed by atoms with Crippen molar-refractivity contribution < 1.29 is 28.5 Å². The van der Waals surface area contributed by atoms with Gasteiger partial charge in [-0.3, -0.25) is 0 Å². The van der Waals surface area contributed by atoms with Crippen LogP contribution < -0.4 is 0 Å². The number of carbonyl (C=O) groups excluding carboxylic acids is 1. The molecule has 0 bridgehead atoms. The predicted octanol–water partition coefficient (Wildman–Crippen LogP) is 1.19. The Kier molecular flexibility index (Phi) is 4.39. The van der Waals surface area contributed by atoms with Gasteiger partial charge in [0.1, 0.15) is 17.7 Å². The molecule has 0 aliphatic carbocycles. The molecule has 2 atom stereocenters. The highest BCUT2D eigenvalue weighted by atomic mass is 35.5. The number of carbonyl (C=O) groups is 1. The van der Waals surface area contributed by atoms with Crippen molar-refractivity contribution in [3.63, 3.8) is 0 Å². The first kappa shape index (κ1) is 13.8. The molecule has 0 fully saturated rings. The van der Waals surface area contributed by atoms with Crippen molar-refractivity contribution in [2.24, 2.45) is 0 Å². The molecule has 1 aromatic carbocycles. The van der Waals surface area contributed by atoms with Crippen LogP contribution >= 0.6 is 11.6 Å². The molecule has 0 amide bonds. The van der Waals surface area contributed by atoms with Gasteiger partial charge in [0.2, 0.25) is 0 Å². The van der Waals surface area contributed by atoms with E-state index < -0.39 is 40.4 Å². The molecule has 1 aromatic rings. The molecule has 0 heterocycles. The van der Waals surface area contributed by atoms with Gasteiger partial charge in [-0.05, 0) is 12.1 Å². The lowest BCUT2D eigenvalue weighted by Gasteiger charge is -2.17. The maximum Gasteiger partial charge on any atom is 0.337 e. The Balaban J connectivity index is 3.16. The molecule has 1 rings (SSSR count). The second kappa shape index (κ2) is 5.39. The van der Waals surface area contributed by atoms with Gasteiger partial charge in [0, 0.05) is 5.56 Å². The Morgan fingerprint density at radius 1 is 1.35 bits per heavy atom. The fraction of sp³-hybridized carbons (Fsp3) is 0.300. The Morgan fingerprint density at radius 2 is 1.88 bits per heavy atom. The van der Waals surface area contributed by atoms with Crippen LogP contribution in [0.3, 0.4) is 0 Å². The highest BCUT2D eigenvalue weighted by molar-refractivity contribution is 6.31. The third kappa shape index (κ3) is 2.71. The Morgan fingerprint density at radius 3 is 2.41 bits per heavy atom. The summed E-state index contributed by atoms with van der Waals surface area (Å²) in [6.45, 7) is 0. The quantitative estimate of drug-likeness (QED) is 0.637. The molecule has 17 heavy (non-hydrogen) atoms. The van der Waals surface area contributed by atoms with Crippen LogP contribution in [0.2, 0.25) is 5.02 Å². The molecule has 4 nitrogen and oxygen atoms in total. The minimum atomic E-state index is -2.05. The van der Waals surface area contributed by atoms with Crippen molar-refractivity contribution in [2.75, 3.05) is 7.11 Å². The van der Waals surface area contributed by atoms with Crippen molar-refractivity contribution in [1.29, 1.82) is 0 Å². The number of benzene rings is 1. The monoisotopic (exact) mass is 266 g/mol. The maximum atomic E-state index is 13.3. The van der Waals surface area contributed by atoms with Crippen LogP contribution in [-0.4, -0.2) is 29.4 Å². The van der Waals surface area contributed by atoms with E-state index in [2.05, 4.69) is 4.74 Å². The fourth-order valence-corrected chi connectivity index (χ4v) is 1.49. The minimum absolute atomic E-state index is 0.690. The van der Waals surface area contributed by atoms with Crippen LogP contribution in [0.15, 0.2) is 12.1 Å². The smallest absolute Gasteiger partial charge is 0.337 e. The van der Waals surface area contributed by atoms with Gasteiger partial charge in [0.05, 0.1) is 12.1 Å². The Labute approximate surface area is 100 Å². The molecule has 2 N–H and O–H groups in total. The van der Waals surface area contributed by atoms with Crippen molar-refractivity contribution in [2.45, 2.75) is 12.2 Å². The highest BCUT2D eigenvalue weighted by Crippen LogP contribution is 2.30. The van der Waals surface area contributed by atoms with Gasteiger partial charge in [-0.25, -0.2) is 13.6 Å². The third-order valence-corrected chi connectivity index (χ3v) is 2.50. The number of aliphatic hydroxyl groups is 2. The van der Waals surface area contributed by atoms with Crippen LogP contribution in [0.1, 0.15) is 11.7 Å². The standard InChI is InChI=1S/C10H9ClF2O4/c1-17-10(16)9(15)8(14)6-4(12)2-3-5(13)7(6)11/h2-3,8-9,14-15H,1H3. The average molecular weight is 267 g/mol. The van der Waals surface area contributed by atoms with Crippen LogP contribution in [0.4, 0.5) is 8.78 Å². The Bertz CT molecular complexity index is 439. The lowest BCUT2D eigenvalue weighted by molar-refractivity contribution is -0.156. The van der Waals surface area contributed by atoms with Crippen molar-refractivity contribution in [3.05, 3.63) is 34.4 Å². The summed E-state index contributed by atoms with van der Waals surface area (Å²) in [5.41, 5.74) is -0.690. The maximum absolute atomic E-state index is 13.3. The topological polar surface area (TPSA) is 66.8 Å². The summed E-state index contributed by atoms with van der Waals surface area (Å²) in [6, 6.07) is 1.49.